The lowest BCUT2D eigenvalue weighted by Crippen LogP contribution is -2.39. The van der Waals surface area contributed by atoms with E-state index in [-0.39, 0.29) is 12.0 Å². The summed E-state index contributed by atoms with van der Waals surface area (Å²) >= 11 is 0. The molecular weight excluding hydrogens is 408 g/mol. The van der Waals surface area contributed by atoms with E-state index < -0.39 is 0 Å². The van der Waals surface area contributed by atoms with Crippen molar-refractivity contribution in [1.82, 2.24) is 10.2 Å². The van der Waals surface area contributed by atoms with Crippen molar-refractivity contribution in [1.29, 1.82) is 0 Å². The van der Waals surface area contributed by atoms with Gasteiger partial charge in [0.25, 0.3) is 5.91 Å². The van der Waals surface area contributed by atoms with Crippen LogP contribution in [0.4, 0.5) is 0 Å². The summed E-state index contributed by atoms with van der Waals surface area (Å²) in [6, 6.07) is 9.44. The summed E-state index contributed by atoms with van der Waals surface area (Å²) in [4.78, 5) is 15.1. The molecule has 0 spiro atoms. The second-order valence-electron chi connectivity index (χ2n) is 8.41. The van der Waals surface area contributed by atoms with E-state index in [1.54, 1.807) is 32.4 Å². The predicted octanol–water partition coefficient (Wildman–Crippen LogP) is 4.01. The van der Waals surface area contributed by atoms with Gasteiger partial charge >= 0.3 is 0 Å². The van der Waals surface area contributed by atoms with Crippen molar-refractivity contribution in [2.75, 3.05) is 47.0 Å². The molecule has 1 aromatic heterocycles. The number of nitrogens with one attached hydrogen (secondary N) is 1. The summed E-state index contributed by atoms with van der Waals surface area (Å²) < 4.78 is 22.4. The minimum absolute atomic E-state index is 0.0778. The van der Waals surface area contributed by atoms with Crippen molar-refractivity contribution in [3.63, 3.8) is 0 Å². The first-order valence-electron chi connectivity index (χ1n) is 11.4. The average Bonchev–Trinajstić information content (AvgIpc) is 3.24. The lowest BCUT2D eigenvalue weighted by molar-refractivity contribution is 0.0888. The number of benzene rings is 1. The van der Waals surface area contributed by atoms with Crippen molar-refractivity contribution in [3.05, 3.63) is 47.4 Å². The number of methoxy groups -OCH3 is 2. The van der Waals surface area contributed by atoms with E-state index in [0.29, 0.717) is 36.1 Å². The maximum absolute atomic E-state index is 12.6. The molecule has 2 heterocycles. The number of likely N-dealkylation sites (tertiary alicyclic amines) is 1. The first-order chi connectivity index (χ1) is 15.5. The Kier molecular flexibility index (Phi) is 9.00. The third-order valence-electron chi connectivity index (χ3n) is 5.98. The maximum Gasteiger partial charge on any atom is 0.255 e. The molecule has 1 amide bonds. The van der Waals surface area contributed by atoms with E-state index in [1.165, 1.54) is 0 Å². The van der Waals surface area contributed by atoms with Gasteiger partial charge in [-0.25, -0.2) is 0 Å². The van der Waals surface area contributed by atoms with E-state index in [2.05, 4.69) is 23.2 Å². The molecule has 1 N–H and O–H groups in total. The predicted molar refractivity (Wildman–Crippen MR) is 124 cm³/mol. The Bertz CT molecular complexity index is 858. The number of carbonyl (C=O) groups excluding carboxylic acids is 1. The van der Waals surface area contributed by atoms with Crippen LogP contribution in [0.5, 0.6) is 11.5 Å². The van der Waals surface area contributed by atoms with Gasteiger partial charge in [-0.15, -0.1) is 0 Å². The Balaban J connectivity index is 1.52. The van der Waals surface area contributed by atoms with Gasteiger partial charge in [0.1, 0.15) is 29.1 Å². The van der Waals surface area contributed by atoms with Gasteiger partial charge in [0.05, 0.1) is 19.3 Å². The normalized spacial score (nSPS) is 16.0. The molecule has 7 heteroatoms. The standard InChI is InChI=1S/C25H36N2O5/c1-18(23-8-5-19(2)31-23)9-13-27-14-10-20(11-15-27)32-24-17-21(30-4)6-7-22(24)25(28)26-12-16-29-3/h5-8,17-18,20H,9-16H2,1-4H3,(H,26,28)/t18-/m1/s1. The molecular formula is C25H36N2O5. The van der Waals surface area contributed by atoms with Gasteiger partial charge in [0.15, 0.2) is 0 Å². The fraction of sp³-hybridized carbons (Fsp3) is 0.560. The SMILES string of the molecule is COCCNC(=O)c1ccc(OC)cc1OC1CCN(CC[C@@H](C)c2ccc(C)o2)CC1. The topological polar surface area (TPSA) is 73.2 Å². The molecule has 3 rings (SSSR count). The zero-order valence-electron chi connectivity index (χ0n) is 19.7. The van der Waals surface area contributed by atoms with Gasteiger partial charge in [-0.3, -0.25) is 4.79 Å². The Morgan fingerprint density at radius 3 is 2.66 bits per heavy atom. The maximum atomic E-state index is 12.6. The molecule has 176 valence electrons. The van der Waals surface area contributed by atoms with E-state index in [4.69, 9.17) is 18.6 Å². The number of hydrogen-bond donors (Lipinski definition) is 1. The Morgan fingerprint density at radius 1 is 1.22 bits per heavy atom. The van der Waals surface area contributed by atoms with Crippen LogP contribution in [0.25, 0.3) is 0 Å². The van der Waals surface area contributed by atoms with Crippen molar-refractivity contribution >= 4 is 5.91 Å². The number of amides is 1. The molecule has 0 radical (unpaired) electrons. The molecule has 1 aliphatic heterocycles. The van der Waals surface area contributed by atoms with Crippen LogP contribution in [0.2, 0.25) is 0 Å². The third kappa shape index (κ3) is 6.74. The number of carbonyl (C=O) groups is 1. The molecule has 0 aliphatic carbocycles. The zero-order chi connectivity index (χ0) is 22.9. The number of furan rings is 1. The number of piperidine rings is 1. The highest BCUT2D eigenvalue weighted by Gasteiger charge is 2.23. The first kappa shape index (κ1) is 24.1. The third-order valence-corrected chi connectivity index (χ3v) is 5.98. The fourth-order valence-electron chi connectivity index (χ4n) is 3.94. The Morgan fingerprint density at radius 2 is 2.00 bits per heavy atom. The van der Waals surface area contributed by atoms with Crippen LogP contribution in [-0.2, 0) is 4.74 Å². The Hall–Kier alpha value is -2.51. The van der Waals surface area contributed by atoms with E-state index in [0.717, 1.165) is 50.4 Å². The monoisotopic (exact) mass is 444 g/mol. The fourth-order valence-corrected chi connectivity index (χ4v) is 3.94. The number of nitrogens with zero attached hydrogens (tertiary/aromatic N) is 1. The summed E-state index contributed by atoms with van der Waals surface area (Å²) in [7, 11) is 3.22. The summed E-state index contributed by atoms with van der Waals surface area (Å²) in [6.07, 6.45) is 3.00. The first-order valence-corrected chi connectivity index (χ1v) is 11.4. The highest BCUT2D eigenvalue weighted by molar-refractivity contribution is 5.97. The molecule has 32 heavy (non-hydrogen) atoms. The van der Waals surface area contributed by atoms with Crippen LogP contribution in [0.3, 0.4) is 0 Å². The number of ether oxygens (including phenoxy) is 3. The second kappa shape index (κ2) is 11.9. The minimum atomic E-state index is -0.167. The van der Waals surface area contributed by atoms with Gasteiger partial charge in [0, 0.05) is 38.7 Å². The van der Waals surface area contributed by atoms with Crippen LogP contribution < -0.4 is 14.8 Å². The lowest BCUT2D eigenvalue weighted by Gasteiger charge is -2.33. The van der Waals surface area contributed by atoms with Crippen LogP contribution in [0.15, 0.2) is 34.7 Å². The van der Waals surface area contributed by atoms with Gasteiger partial charge in [-0.2, -0.15) is 0 Å². The van der Waals surface area contributed by atoms with Gasteiger partial charge in [0.2, 0.25) is 0 Å². The highest BCUT2D eigenvalue weighted by atomic mass is 16.5. The van der Waals surface area contributed by atoms with Crippen LogP contribution in [0, 0.1) is 6.92 Å². The summed E-state index contributed by atoms with van der Waals surface area (Å²) in [5.74, 6) is 3.52. The van der Waals surface area contributed by atoms with Crippen molar-refractivity contribution in [3.8, 4) is 11.5 Å². The van der Waals surface area contributed by atoms with Crippen molar-refractivity contribution in [2.24, 2.45) is 0 Å². The summed E-state index contributed by atoms with van der Waals surface area (Å²) in [6.45, 7) is 8.12. The smallest absolute Gasteiger partial charge is 0.255 e. The van der Waals surface area contributed by atoms with E-state index in [1.807, 2.05) is 13.0 Å². The molecule has 1 fully saturated rings. The molecule has 0 bridgehead atoms. The summed E-state index contributed by atoms with van der Waals surface area (Å²) in [5.41, 5.74) is 0.520. The van der Waals surface area contributed by atoms with Crippen LogP contribution >= 0.6 is 0 Å². The lowest BCUT2D eigenvalue weighted by atomic mass is 10.0. The van der Waals surface area contributed by atoms with Crippen LogP contribution in [0.1, 0.15) is 54.0 Å². The molecule has 1 atom stereocenters. The molecule has 0 saturated carbocycles. The van der Waals surface area contributed by atoms with Crippen LogP contribution in [-0.4, -0.2) is 63.9 Å². The van der Waals surface area contributed by atoms with Gasteiger partial charge < -0.3 is 28.8 Å². The number of rotatable bonds is 11. The highest BCUT2D eigenvalue weighted by Crippen LogP contribution is 2.28. The largest absolute Gasteiger partial charge is 0.497 e. The number of hydrogen-bond acceptors (Lipinski definition) is 6. The molecule has 1 aromatic carbocycles. The zero-order valence-corrected chi connectivity index (χ0v) is 19.7. The molecule has 0 unspecified atom stereocenters. The van der Waals surface area contributed by atoms with Crippen molar-refractivity contribution < 1.29 is 23.4 Å². The van der Waals surface area contributed by atoms with Gasteiger partial charge in [-0.1, -0.05) is 6.92 Å². The quantitative estimate of drug-likeness (QED) is 0.528. The van der Waals surface area contributed by atoms with E-state index >= 15 is 0 Å². The molecule has 7 nitrogen and oxygen atoms in total. The average molecular weight is 445 g/mol. The molecule has 1 saturated heterocycles. The summed E-state index contributed by atoms with van der Waals surface area (Å²) in [5, 5.41) is 2.86. The van der Waals surface area contributed by atoms with Crippen molar-refractivity contribution in [2.45, 2.75) is 45.1 Å². The van der Waals surface area contributed by atoms with E-state index in [9.17, 15) is 4.79 Å². The molecule has 2 aromatic rings. The number of aryl methyl sites for hydroxylation is 1. The molecule has 1 aliphatic rings. The second-order valence-corrected chi connectivity index (χ2v) is 8.41. The van der Waals surface area contributed by atoms with Gasteiger partial charge in [-0.05, 0) is 57.0 Å². The Labute approximate surface area is 191 Å². The minimum Gasteiger partial charge on any atom is -0.497 e.